The summed E-state index contributed by atoms with van der Waals surface area (Å²) in [5.74, 6) is 0.581. The Morgan fingerprint density at radius 1 is 1.12 bits per heavy atom. The van der Waals surface area contributed by atoms with E-state index in [1.54, 1.807) is 7.05 Å². The van der Waals surface area contributed by atoms with Crippen LogP contribution in [0, 0.1) is 5.92 Å². The SMILES string of the molecule is CNC(CS(=O)(=O)CC(C)C)c1ccccc1. The second-order valence-electron chi connectivity index (χ2n) is 4.72. The molecule has 0 aromatic heterocycles. The molecule has 0 aliphatic heterocycles. The lowest BCUT2D eigenvalue weighted by molar-refractivity contribution is 0.563. The van der Waals surface area contributed by atoms with Crippen LogP contribution in [0.4, 0.5) is 0 Å². The van der Waals surface area contributed by atoms with Crippen LogP contribution in [0.2, 0.25) is 0 Å². The van der Waals surface area contributed by atoms with Crippen LogP contribution in [-0.4, -0.2) is 27.0 Å². The molecule has 4 heteroatoms. The highest BCUT2D eigenvalue weighted by atomic mass is 32.2. The van der Waals surface area contributed by atoms with Gasteiger partial charge in [0.25, 0.3) is 0 Å². The van der Waals surface area contributed by atoms with E-state index in [4.69, 9.17) is 0 Å². The Balaban J connectivity index is 2.78. The first-order valence-electron chi connectivity index (χ1n) is 5.87. The first-order valence-corrected chi connectivity index (χ1v) is 7.69. The van der Waals surface area contributed by atoms with E-state index in [-0.39, 0.29) is 23.5 Å². The minimum atomic E-state index is -3.00. The first kappa shape index (κ1) is 14.2. The maximum atomic E-state index is 11.9. The molecule has 0 saturated carbocycles. The van der Waals surface area contributed by atoms with Gasteiger partial charge in [0.15, 0.2) is 9.84 Å². The zero-order valence-corrected chi connectivity index (χ0v) is 11.5. The summed E-state index contributed by atoms with van der Waals surface area (Å²) in [6.07, 6.45) is 0. The third-order valence-electron chi connectivity index (χ3n) is 2.56. The summed E-state index contributed by atoms with van der Waals surface area (Å²) in [6, 6.07) is 9.56. The van der Waals surface area contributed by atoms with E-state index in [0.717, 1.165) is 5.56 Å². The van der Waals surface area contributed by atoms with Gasteiger partial charge in [0, 0.05) is 6.04 Å². The highest BCUT2D eigenvalue weighted by Crippen LogP contribution is 2.15. The molecule has 0 heterocycles. The summed E-state index contributed by atoms with van der Waals surface area (Å²) >= 11 is 0. The van der Waals surface area contributed by atoms with Gasteiger partial charge in [0.05, 0.1) is 11.5 Å². The lowest BCUT2D eigenvalue weighted by Crippen LogP contribution is -2.27. The highest BCUT2D eigenvalue weighted by Gasteiger charge is 2.20. The van der Waals surface area contributed by atoms with Crippen molar-refractivity contribution in [3.8, 4) is 0 Å². The summed E-state index contributed by atoms with van der Waals surface area (Å²) in [7, 11) is -1.21. The Morgan fingerprint density at radius 3 is 2.18 bits per heavy atom. The number of benzene rings is 1. The van der Waals surface area contributed by atoms with Crippen molar-refractivity contribution in [3.05, 3.63) is 35.9 Å². The third-order valence-corrected chi connectivity index (χ3v) is 4.57. The van der Waals surface area contributed by atoms with E-state index < -0.39 is 9.84 Å². The van der Waals surface area contributed by atoms with E-state index in [9.17, 15) is 8.42 Å². The average molecular weight is 255 g/mol. The topological polar surface area (TPSA) is 46.2 Å². The summed E-state index contributed by atoms with van der Waals surface area (Å²) in [6.45, 7) is 3.85. The number of rotatable bonds is 6. The van der Waals surface area contributed by atoms with Gasteiger partial charge >= 0.3 is 0 Å². The normalized spacial score (nSPS) is 13.9. The summed E-state index contributed by atoms with van der Waals surface area (Å²) in [5.41, 5.74) is 1.02. The Morgan fingerprint density at radius 2 is 1.71 bits per heavy atom. The number of hydrogen-bond acceptors (Lipinski definition) is 3. The molecule has 1 N–H and O–H groups in total. The van der Waals surface area contributed by atoms with Crippen molar-refractivity contribution >= 4 is 9.84 Å². The Bertz CT molecular complexity index is 426. The molecule has 0 spiro atoms. The monoisotopic (exact) mass is 255 g/mol. The van der Waals surface area contributed by atoms with Crippen molar-refractivity contribution in [1.82, 2.24) is 5.32 Å². The zero-order valence-electron chi connectivity index (χ0n) is 10.7. The van der Waals surface area contributed by atoms with Crippen molar-refractivity contribution in [2.75, 3.05) is 18.6 Å². The van der Waals surface area contributed by atoms with Crippen molar-refractivity contribution in [2.45, 2.75) is 19.9 Å². The largest absolute Gasteiger partial charge is 0.312 e. The number of hydrogen-bond donors (Lipinski definition) is 1. The van der Waals surface area contributed by atoms with Crippen molar-refractivity contribution < 1.29 is 8.42 Å². The molecular weight excluding hydrogens is 234 g/mol. The molecule has 1 atom stereocenters. The molecule has 0 fully saturated rings. The van der Waals surface area contributed by atoms with Crippen LogP contribution in [0.1, 0.15) is 25.5 Å². The van der Waals surface area contributed by atoms with Gasteiger partial charge in [-0.05, 0) is 18.5 Å². The predicted molar refractivity (Wildman–Crippen MR) is 71.7 cm³/mol. The van der Waals surface area contributed by atoms with Crippen molar-refractivity contribution in [2.24, 2.45) is 5.92 Å². The molecule has 1 aromatic carbocycles. The molecule has 17 heavy (non-hydrogen) atoms. The minimum Gasteiger partial charge on any atom is -0.312 e. The molecule has 1 rings (SSSR count). The fraction of sp³-hybridized carbons (Fsp3) is 0.538. The van der Waals surface area contributed by atoms with Gasteiger partial charge in [-0.15, -0.1) is 0 Å². The predicted octanol–water partition coefficient (Wildman–Crippen LogP) is 2.02. The van der Waals surface area contributed by atoms with Gasteiger partial charge in [-0.25, -0.2) is 8.42 Å². The summed E-state index contributed by atoms with van der Waals surface area (Å²) in [4.78, 5) is 0. The van der Waals surface area contributed by atoms with E-state index >= 15 is 0 Å². The zero-order chi connectivity index (χ0) is 12.9. The highest BCUT2D eigenvalue weighted by molar-refractivity contribution is 7.91. The van der Waals surface area contributed by atoms with Gasteiger partial charge in [0.1, 0.15) is 0 Å². The van der Waals surface area contributed by atoms with E-state index in [1.165, 1.54) is 0 Å². The van der Waals surface area contributed by atoms with Crippen LogP contribution in [0.3, 0.4) is 0 Å². The molecule has 0 aliphatic carbocycles. The van der Waals surface area contributed by atoms with Gasteiger partial charge < -0.3 is 5.32 Å². The quantitative estimate of drug-likeness (QED) is 0.846. The van der Waals surface area contributed by atoms with Gasteiger partial charge in [-0.1, -0.05) is 44.2 Å². The van der Waals surface area contributed by atoms with Gasteiger partial charge in [-0.3, -0.25) is 0 Å². The molecule has 3 nitrogen and oxygen atoms in total. The second-order valence-corrected chi connectivity index (χ2v) is 6.88. The van der Waals surface area contributed by atoms with Crippen LogP contribution in [0.25, 0.3) is 0 Å². The Kier molecular flexibility index (Phi) is 5.15. The van der Waals surface area contributed by atoms with Gasteiger partial charge in [0.2, 0.25) is 0 Å². The Hall–Kier alpha value is -0.870. The molecule has 0 aliphatic rings. The van der Waals surface area contributed by atoms with Crippen LogP contribution in [0.5, 0.6) is 0 Å². The molecule has 96 valence electrons. The van der Waals surface area contributed by atoms with E-state index in [0.29, 0.717) is 0 Å². The maximum absolute atomic E-state index is 11.9. The smallest absolute Gasteiger partial charge is 0.152 e. The van der Waals surface area contributed by atoms with Crippen LogP contribution < -0.4 is 5.32 Å². The molecule has 0 saturated heterocycles. The molecule has 0 bridgehead atoms. The van der Waals surface area contributed by atoms with Crippen LogP contribution in [-0.2, 0) is 9.84 Å². The second kappa shape index (κ2) is 6.17. The lowest BCUT2D eigenvalue weighted by Gasteiger charge is -2.17. The fourth-order valence-corrected chi connectivity index (χ4v) is 3.88. The summed E-state index contributed by atoms with van der Waals surface area (Å²) < 4.78 is 23.9. The molecule has 0 radical (unpaired) electrons. The van der Waals surface area contributed by atoms with E-state index in [2.05, 4.69) is 5.32 Å². The molecule has 1 aromatic rings. The van der Waals surface area contributed by atoms with E-state index in [1.807, 2.05) is 44.2 Å². The average Bonchev–Trinajstić information content (AvgIpc) is 2.25. The maximum Gasteiger partial charge on any atom is 0.152 e. The van der Waals surface area contributed by atoms with Gasteiger partial charge in [-0.2, -0.15) is 0 Å². The first-order chi connectivity index (χ1) is 7.94. The minimum absolute atomic E-state index is 0.125. The summed E-state index contributed by atoms with van der Waals surface area (Å²) in [5, 5.41) is 3.07. The number of sulfone groups is 1. The Labute approximate surface area is 104 Å². The number of nitrogens with one attached hydrogen (secondary N) is 1. The lowest BCUT2D eigenvalue weighted by atomic mass is 10.1. The molecular formula is C13H21NO2S. The van der Waals surface area contributed by atoms with Crippen molar-refractivity contribution in [1.29, 1.82) is 0 Å². The molecule has 0 amide bonds. The van der Waals surface area contributed by atoms with Crippen LogP contribution >= 0.6 is 0 Å². The fourth-order valence-electron chi connectivity index (χ4n) is 1.86. The van der Waals surface area contributed by atoms with Crippen LogP contribution in [0.15, 0.2) is 30.3 Å². The standard InChI is InChI=1S/C13H21NO2S/c1-11(2)9-17(15,16)10-13(14-3)12-7-5-4-6-8-12/h4-8,11,13-14H,9-10H2,1-3H3. The third kappa shape index (κ3) is 4.88. The van der Waals surface area contributed by atoms with Crippen molar-refractivity contribution in [3.63, 3.8) is 0 Å². The molecule has 1 unspecified atom stereocenters.